The summed E-state index contributed by atoms with van der Waals surface area (Å²) in [6.07, 6.45) is 1.15. The van der Waals surface area contributed by atoms with Crippen molar-refractivity contribution in [2.75, 3.05) is 13.7 Å². The van der Waals surface area contributed by atoms with Gasteiger partial charge in [0.1, 0.15) is 0 Å². The highest BCUT2D eigenvalue weighted by atomic mass is 16.5. The molecule has 0 aromatic heterocycles. The Hall–Kier alpha value is -1.71. The van der Waals surface area contributed by atoms with Crippen LogP contribution in [0.2, 0.25) is 0 Å². The zero-order valence-corrected chi connectivity index (χ0v) is 13.1. The van der Waals surface area contributed by atoms with Crippen LogP contribution in [0.5, 0.6) is 11.5 Å². The second-order valence-electron chi connectivity index (χ2n) is 5.72. The van der Waals surface area contributed by atoms with Crippen molar-refractivity contribution in [1.29, 1.82) is 0 Å². The summed E-state index contributed by atoms with van der Waals surface area (Å²) in [4.78, 5) is 11.8. The van der Waals surface area contributed by atoms with Crippen molar-refractivity contribution < 1.29 is 14.3 Å². The SMILES string of the molecule is CCOc1ccc(CCC(=O)NC(C)(C)C)cc1OC. The van der Waals surface area contributed by atoms with Gasteiger partial charge in [0.15, 0.2) is 11.5 Å². The van der Waals surface area contributed by atoms with Gasteiger partial charge in [0, 0.05) is 12.0 Å². The molecule has 1 aromatic carbocycles. The zero-order valence-electron chi connectivity index (χ0n) is 13.1. The van der Waals surface area contributed by atoms with Gasteiger partial charge in [0.25, 0.3) is 0 Å². The van der Waals surface area contributed by atoms with Crippen LogP contribution in [0.25, 0.3) is 0 Å². The largest absolute Gasteiger partial charge is 0.493 e. The van der Waals surface area contributed by atoms with E-state index >= 15 is 0 Å². The summed E-state index contributed by atoms with van der Waals surface area (Å²) < 4.78 is 10.8. The molecule has 0 heterocycles. The van der Waals surface area contributed by atoms with Crippen LogP contribution < -0.4 is 14.8 Å². The minimum atomic E-state index is -0.187. The molecule has 0 bridgehead atoms. The topological polar surface area (TPSA) is 47.6 Å². The minimum absolute atomic E-state index is 0.0605. The smallest absolute Gasteiger partial charge is 0.220 e. The predicted molar refractivity (Wildman–Crippen MR) is 80.4 cm³/mol. The maximum Gasteiger partial charge on any atom is 0.220 e. The Labute approximate surface area is 121 Å². The number of benzene rings is 1. The first-order chi connectivity index (χ1) is 9.35. The van der Waals surface area contributed by atoms with Crippen LogP contribution in [0, 0.1) is 0 Å². The molecule has 0 unspecified atom stereocenters. The van der Waals surface area contributed by atoms with Gasteiger partial charge >= 0.3 is 0 Å². The zero-order chi connectivity index (χ0) is 15.2. The maximum atomic E-state index is 11.8. The monoisotopic (exact) mass is 279 g/mol. The van der Waals surface area contributed by atoms with Crippen LogP contribution in [0.1, 0.15) is 39.7 Å². The van der Waals surface area contributed by atoms with E-state index in [4.69, 9.17) is 9.47 Å². The van der Waals surface area contributed by atoms with Gasteiger partial charge < -0.3 is 14.8 Å². The van der Waals surface area contributed by atoms with E-state index in [2.05, 4.69) is 5.32 Å². The molecule has 1 amide bonds. The highest BCUT2D eigenvalue weighted by molar-refractivity contribution is 5.76. The van der Waals surface area contributed by atoms with Crippen molar-refractivity contribution in [2.45, 2.75) is 46.1 Å². The van der Waals surface area contributed by atoms with Gasteiger partial charge in [-0.25, -0.2) is 0 Å². The molecule has 0 aliphatic rings. The van der Waals surface area contributed by atoms with Crippen LogP contribution >= 0.6 is 0 Å². The van der Waals surface area contributed by atoms with E-state index in [0.29, 0.717) is 25.2 Å². The highest BCUT2D eigenvalue weighted by Crippen LogP contribution is 2.28. The molecule has 112 valence electrons. The third-order valence-corrected chi connectivity index (χ3v) is 2.68. The molecule has 0 fully saturated rings. The molecule has 1 N–H and O–H groups in total. The standard InChI is InChI=1S/C16H25NO3/c1-6-20-13-9-7-12(11-14(13)19-5)8-10-15(18)17-16(2,3)4/h7,9,11H,6,8,10H2,1-5H3,(H,17,18). The van der Waals surface area contributed by atoms with E-state index in [-0.39, 0.29) is 11.4 Å². The lowest BCUT2D eigenvalue weighted by Crippen LogP contribution is -2.40. The average Bonchev–Trinajstić information content (AvgIpc) is 2.36. The fraction of sp³-hybridized carbons (Fsp3) is 0.562. The van der Waals surface area contributed by atoms with Crippen LogP contribution in [-0.2, 0) is 11.2 Å². The number of amides is 1. The second kappa shape index (κ2) is 7.17. The summed E-state index contributed by atoms with van der Waals surface area (Å²) in [5.41, 5.74) is 0.877. The Morgan fingerprint density at radius 1 is 1.25 bits per heavy atom. The van der Waals surface area contributed by atoms with E-state index in [1.165, 1.54) is 0 Å². The fourth-order valence-electron chi connectivity index (χ4n) is 1.88. The van der Waals surface area contributed by atoms with E-state index in [0.717, 1.165) is 11.3 Å². The summed E-state index contributed by atoms with van der Waals surface area (Å²) in [7, 11) is 1.62. The first-order valence-electron chi connectivity index (χ1n) is 6.96. The molecule has 1 aromatic rings. The number of ether oxygens (including phenoxy) is 2. The van der Waals surface area contributed by atoms with Gasteiger partial charge in [0.2, 0.25) is 5.91 Å². The van der Waals surface area contributed by atoms with Crippen molar-refractivity contribution in [3.05, 3.63) is 23.8 Å². The van der Waals surface area contributed by atoms with Gasteiger partial charge in [-0.1, -0.05) is 6.07 Å². The number of carbonyl (C=O) groups excluding carboxylic acids is 1. The van der Waals surface area contributed by atoms with Crippen LogP contribution in [0.3, 0.4) is 0 Å². The summed E-state index contributed by atoms with van der Waals surface area (Å²) >= 11 is 0. The van der Waals surface area contributed by atoms with Gasteiger partial charge in [-0.05, 0) is 51.8 Å². The molecular weight excluding hydrogens is 254 g/mol. The van der Waals surface area contributed by atoms with Gasteiger partial charge in [-0.2, -0.15) is 0 Å². The Bertz CT molecular complexity index is 450. The van der Waals surface area contributed by atoms with E-state index in [9.17, 15) is 4.79 Å². The van der Waals surface area contributed by atoms with E-state index < -0.39 is 0 Å². The van der Waals surface area contributed by atoms with Gasteiger partial charge in [-0.3, -0.25) is 4.79 Å². The lowest BCUT2D eigenvalue weighted by atomic mass is 10.1. The molecular formula is C16H25NO3. The lowest BCUT2D eigenvalue weighted by Gasteiger charge is -2.20. The third kappa shape index (κ3) is 5.51. The first-order valence-corrected chi connectivity index (χ1v) is 6.96. The number of carbonyl (C=O) groups is 1. The molecule has 0 atom stereocenters. The molecule has 0 radical (unpaired) electrons. The molecule has 1 rings (SSSR count). The van der Waals surface area contributed by atoms with Crippen molar-refractivity contribution in [2.24, 2.45) is 0 Å². The Morgan fingerprint density at radius 3 is 2.50 bits per heavy atom. The van der Waals surface area contributed by atoms with E-state index in [1.807, 2.05) is 45.9 Å². The molecule has 0 saturated heterocycles. The fourth-order valence-corrected chi connectivity index (χ4v) is 1.88. The Kier molecular flexibility index (Phi) is 5.86. The van der Waals surface area contributed by atoms with Crippen molar-refractivity contribution in [3.63, 3.8) is 0 Å². The predicted octanol–water partition coefficient (Wildman–Crippen LogP) is 2.94. The second-order valence-corrected chi connectivity index (χ2v) is 5.72. The van der Waals surface area contributed by atoms with Gasteiger partial charge in [-0.15, -0.1) is 0 Å². The summed E-state index contributed by atoms with van der Waals surface area (Å²) in [5, 5.41) is 2.95. The Morgan fingerprint density at radius 2 is 1.95 bits per heavy atom. The Balaban J connectivity index is 2.62. The number of methoxy groups -OCH3 is 1. The molecule has 0 saturated carbocycles. The molecule has 20 heavy (non-hydrogen) atoms. The number of rotatable bonds is 6. The molecule has 0 spiro atoms. The number of aryl methyl sites for hydroxylation is 1. The summed E-state index contributed by atoms with van der Waals surface area (Å²) in [5.74, 6) is 1.50. The van der Waals surface area contributed by atoms with Crippen molar-refractivity contribution >= 4 is 5.91 Å². The molecule has 0 aliphatic carbocycles. The van der Waals surface area contributed by atoms with E-state index in [1.54, 1.807) is 7.11 Å². The highest BCUT2D eigenvalue weighted by Gasteiger charge is 2.13. The lowest BCUT2D eigenvalue weighted by molar-refractivity contribution is -0.122. The van der Waals surface area contributed by atoms with Crippen LogP contribution in [-0.4, -0.2) is 25.2 Å². The number of nitrogens with one attached hydrogen (secondary N) is 1. The molecule has 4 heteroatoms. The summed E-state index contributed by atoms with van der Waals surface area (Å²) in [6.45, 7) is 8.47. The molecule has 4 nitrogen and oxygen atoms in total. The maximum absolute atomic E-state index is 11.8. The summed E-state index contributed by atoms with van der Waals surface area (Å²) in [6, 6.07) is 5.78. The van der Waals surface area contributed by atoms with Crippen LogP contribution in [0.15, 0.2) is 18.2 Å². The van der Waals surface area contributed by atoms with Crippen LogP contribution in [0.4, 0.5) is 0 Å². The van der Waals surface area contributed by atoms with Crippen molar-refractivity contribution in [3.8, 4) is 11.5 Å². The molecule has 0 aliphatic heterocycles. The first kappa shape index (κ1) is 16.3. The minimum Gasteiger partial charge on any atom is -0.493 e. The average molecular weight is 279 g/mol. The number of hydrogen-bond donors (Lipinski definition) is 1. The number of hydrogen-bond acceptors (Lipinski definition) is 3. The van der Waals surface area contributed by atoms with Crippen molar-refractivity contribution in [1.82, 2.24) is 5.32 Å². The third-order valence-electron chi connectivity index (χ3n) is 2.68. The normalized spacial score (nSPS) is 11.1. The quantitative estimate of drug-likeness (QED) is 0.871. The van der Waals surface area contributed by atoms with Gasteiger partial charge in [0.05, 0.1) is 13.7 Å².